The number of carbonyl (C=O) groups is 3. The summed E-state index contributed by atoms with van der Waals surface area (Å²) in [5, 5.41) is 5.06. The first kappa shape index (κ1) is 16.4. The maximum atomic E-state index is 11.8. The molecular formula is C12H23N3O3. The van der Waals surface area contributed by atoms with Gasteiger partial charge in [0.2, 0.25) is 17.7 Å². The molecule has 6 heteroatoms. The largest absolute Gasteiger partial charge is 0.368 e. The predicted molar refractivity (Wildman–Crippen MR) is 68.4 cm³/mol. The van der Waals surface area contributed by atoms with E-state index in [2.05, 4.69) is 10.6 Å². The minimum Gasteiger partial charge on any atom is -0.368 e. The molecule has 0 aliphatic carbocycles. The zero-order valence-electron chi connectivity index (χ0n) is 11.4. The molecule has 0 saturated heterocycles. The molecule has 0 saturated carbocycles. The smallest absolute Gasteiger partial charge is 0.243 e. The van der Waals surface area contributed by atoms with E-state index in [1.54, 1.807) is 0 Å². The highest BCUT2D eigenvalue weighted by molar-refractivity contribution is 5.90. The average molecular weight is 257 g/mol. The lowest BCUT2D eigenvalue weighted by Gasteiger charge is -2.21. The molecule has 6 nitrogen and oxygen atoms in total. The number of carbonyl (C=O) groups excluding carboxylic acids is 3. The Labute approximate surface area is 108 Å². The van der Waals surface area contributed by atoms with Crippen molar-refractivity contribution < 1.29 is 14.4 Å². The second-order valence-corrected chi connectivity index (χ2v) is 5.07. The van der Waals surface area contributed by atoms with E-state index in [0.29, 0.717) is 6.42 Å². The first-order chi connectivity index (χ1) is 8.23. The molecule has 0 aromatic heterocycles. The van der Waals surface area contributed by atoms with Gasteiger partial charge >= 0.3 is 0 Å². The second-order valence-electron chi connectivity index (χ2n) is 5.07. The highest BCUT2D eigenvalue weighted by Gasteiger charge is 2.24. The van der Waals surface area contributed by atoms with Crippen LogP contribution in [-0.4, -0.2) is 30.3 Å². The standard InChI is InChI=1S/C12H23N3O3/c1-7(2)5-10(17)15-11(8(3)4)12(18)14-6-9(13)16/h7-8,11H,5-6H2,1-4H3,(H2,13,16)(H,14,18)(H,15,17). The van der Waals surface area contributed by atoms with Crippen molar-refractivity contribution in [3.63, 3.8) is 0 Å². The molecule has 104 valence electrons. The third-order valence-electron chi connectivity index (χ3n) is 2.30. The van der Waals surface area contributed by atoms with E-state index >= 15 is 0 Å². The minimum atomic E-state index is -0.643. The Hall–Kier alpha value is -1.59. The van der Waals surface area contributed by atoms with Crippen LogP contribution >= 0.6 is 0 Å². The topological polar surface area (TPSA) is 101 Å². The maximum Gasteiger partial charge on any atom is 0.243 e. The van der Waals surface area contributed by atoms with Gasteiger partial charge < -0.3 is 16.4 Å². The molecule has 1 unspecified atom stereocenters. The molecule has 0 aromatic rings. The van der Waals surface area contributed by atoms with Crippen molar-refractivity contribution in [1.82, 2.24) is 10.6 Å². The molecule has 0 aliphatic rings. The van der Waals surface area contributed by atoms with E-state index in [4.69, 9.17) is 5.73 Å². The molecule has 0 bridgehead atoms. The summed E-state index contributed by atoms with van der Waals surface area (Å²) in [5.74, 6) is -1.00. The van der Waals surface area contributed by atoms with Crippen LogP contribution in [-0.2, 0) is 14.4 Å². The maximum absolute atomic E-state index is 11.8. The van der Waals surface area contributed by atoms with Gasteiger partial charge in [0.25, 0.3) is 0 Å². The van der Waals surface area contributed by atoms with Crippen molar-refractivity contribution >= 4 is 17.7 Å². The van der Waals surface area contributed by atoms with Gasteiger partial charge in [-0.25, -0.2) is 0 Å². The Kier molecular flexibility index (Phi) is 7.00. The van der Waals surface area contributed by atoms with Crippen LogP contribution in [0.1, 0.15) is 34.1 Å². The van der Waals surface area contributed by atoms with Gasteiger partial charge in [-0.1, -0.05) is 27.7 Å². The zero-order valence-corrected chi connectivity index (χ0v) is 11.4. The summed E-state index contributed by atoms with van der Waals surface area (Å²) in [4.78, 5) is 34.0. The molecule has 0 aliphatic heterocycles. The molecule has 3 amide bonds. The van der Waals surface area contributed by atoms with Crippen LogP contribution in [0.4, 0.5) is 0 Å². The van der Waals surface area contributed by atoms with Crippen LogP contribution < -0.4 is 16.4 Å². The highest BCUT2D eigenvalue weighted by Crippen LogP contribution is 2.04. The number of amides is 3. The molecule has 0 radical (unpaired) electrons. The highest BCUT2D eigenvalue weighted by atomic mass is 16.2. The summed E-state index contributed by atoms with van der Waals surface area (Å²) in [7, 11) is 0. The molecule has 0 fully saturated rings. The van der Waals surface area contributed by atoms with E-state index in [1.165, 1.54) is 0 Å². The third kappa shape index (κ3) is 6.88. The summed E-state index contributed by atoms with van der Waals surface area (Å²) in [6.45, 7) is 7.28. The number of nitrogens with two attached hydrogens (primary N) is 1. The Morgan fingerprint density at radius 3 is 2.06 bits per heavy atom. The summed E-state index contributed by atoms with van der Waals surface area (Å²) >= 11 is 0. The fourth-order valence-corrected chi connectivity index (χ4v) is 1.42. The van der Waals surface area contributed by atoms with Gasteiger partial charge in [-0.05, 0) is 11.8 Å². The van der Waals surface area contributed by atoms with Gasteiger partial charge in [0, 0.05) is 6.42 Å². The SMILES string of the molecule is CC(C)CC(=O)NC(C(=O)NCC(N)=O)C(C)C. The minimum absolute atomic E-state index is 0.0611. The van der Waals surface area contributed by atoms with Crippen molar-refractivity contribution in [1.29, 1.82) is 0 Å². The van der Waals surface area contributed by atoms with Crippen LogP contribution in [0, 0.1) is 11.8 Å². The van der Waals surface area contributed by atoms with Crippen LogP contribution in [0.5, 0.6) is 0 Å². The van der Waals surface area contributed by atoms with Gasteiger partial charge in [0.15, 0.2) is 0 Å². The number of hydrogen-bond acceptors (Lipinski definition) is 3. The molecular weight excluding hydrogens is 234 g/mol. The lowest BCUT2D eigenvalue weighted by molar-refractivity contribution is -0.131. The summed E-state index contributed by atoms with van der Waals surface area (Å²) in [6.07, 6.45) is 0.367. The van der Waals surface area contributed by atoms with Crippen molar-refractivity contribution in [3.05, 3.63) is 0 Å². The van der Waals surface area contributed by atoms with Gasteiger partial charge in [0.05, 0.1) is 6.54 Å². The van der Waals surface area contributed by atoms with Gasteiger partial charge in [-0.15, -0.1) is 0 Å². The average Bonchev–Trinajstić information content (AvgIpc) is 2.21. The Bertz CT molecular complexity index is 314. The molecule has 4 N–H and O–H groups in total. The molecule has 0 aromatic carbocycles. The van der Waals surface area contributed by atoms with Crippen molar-refractivity contribution in [2.75, 3.05) is 6.54 Å². The van der Waals surface area contributed by atoms with Crippen molar-refractivity contribution in [3.8, 4) is 0 Å². The van der Waals surface area contributed by atoms with Gasteiger partial charge in [0.1, 0.15) is 6.04 Å². The summed E-state index contributed by atoms with van der Waals surface area (Å²) in [5.41, 5.74) is 4.94. The third-order valence-corrected chi connectivity index (χ3v) is 2.30. The second kappa shape index (κ2) is 7.68. The van der Waals surface area contributed by atoms with E-state index in [0.717, 1.165) is 0 Å². The van der Waals surface area contributed by atoms with Gasteiger partial charge in [-0.2, -0.15) is 0 Å². The van der Waals surface area contributed by atoms with Crippen molar-refractivity contribution in [2.24, 2.45) is 17.6 Å². The Balaban J connectivity index is 4.42. The van der Waals surface area contributed by atoms with E-state index < -0.39 is 11.9 Å². The fourth-order valence-electron chi connectivity index (χ4n) is 1.42. The lowest BCUT2D eigenvalue weighted by Crippen LogP contribution is -2.51. The molecule has 0 rings (SSSR count). The van der Waals surface area contributed by atoms with Gasteiger partial charge in [-0.3, -0.25) is 14.4 Å². The predicted octanol–water partition coefficient (Wildman–Crippen LogP) is -0.225. The molecule has 18 heavy (non-hydrogen) atoms. The normalized spacial score (nSPS) is 12.3. The Morgan fingerprint density at radius 1 is 1.11 bits per heavy atom. The zero-order chi connectivity index (χ0) is 14.3. The summed E-state index contributed by atoms with van der Waals surface area (Å²) in [6, 6.07) is -0.643. The van der Waals surface area contributed by atoms with E-state index in [9.17, 15) is 14.4 Å². The number of nitrogens with one attached hydrogen (secondary N) is 2. The molecule has 0 heterocycles. The summed E-state index contributed by atoms with van der Waals surface area (Å²) < 4.78 is 0. The fraction of sp³-hybridized carbons (Fsp3) is 0.750. The van der Waals surface area contributed by atoms with Crippen molar-refractivity contribution in [2.45, 2.75) is 40.2 Å². The molecule has 0 spiro atoms. The first-order valence-electron chi connectivity index (χ1n) is 6.09. The molecule has 1 atom stereocenters. The van der Waals surface area contributed by atoms with Crippen LogP contribution in [0.2, 0.25) is 0 Å². The quantitative estimate of drug-likeness (QED) is 0.587. The number of primary amides is 1. The lowest BCUT2D eigenvalue weighted by atomic mass is 10.0. The van der Waals surface area contributed by atoms with Crippen LogP contribution in [0.3, 0.4) is 0 Å². The first-order valence-corrected chi connectivity index (χ1v) is 6.09. The Morgan fingerprint density at radius 2 is 1.67 bits per heavy atom. The van der Waals surface area contributed by atoms with Crippen LogP contribution in [0.15, 0.2) is 0 Å². The monoisotopic (exact) mass is 257 g/mol. The number of hydrogen-bond donors (Lipinski definition) is 3. The van der Waals surface area contributed by atoms with E-state index in [1.807, 2.05) is 27.7 Å². The number of rotatable bonds is 7. The van der Waals surface area contributed by atoms with E-state index in [-0.39, 0.29) is 30.2 Å². The van der Waals surface area contributed by atoms with Crippen LogP contribution in [0.25, 0.3) is 0 Å².